The Bertz CT molecular complexity index is 755. The number of aromatic nitrogens is 2. The fraction of sp³-hybridized carbons (Fsp3) is 0.500. The summed E-state index contributed by atoms with van der Waals surface area (Å²) in [5.41, 5.74) is 1.28. The molecule has 134 valence electrons. The fourth-order valence-electron chi connectivity index (χ4n) is 3.88. The minimum Gasteiger partial charge on any atom is -0.342 e. The number of benzene rings is 1. The standard InChI is InChI=1S/C20H27N3O2/c1-2-3-14-4-6-15(7-5-14)12-16-8-10-17(11-9-16)21-18-13-19(24)23-20(25)22-18/h8-11,13-15H,2-7,12H2,1H3,(H3,21,22,23,24,25). The molecule has 1 fully saturated rings. The molecule has 0 amide bonds. The number of nitrogens with one attached hydrogen (secondary N) is 3. The van der Waals surface area contributed by atoms with Gasteiger partial charge in [0.15, 0.2) is 0 Å². The van der Waals surface area contributed by atoms with E-state index in [0.29, 0.717) is 5.82 Å². The predicted octanol–water partition coefficient (Wildman–Crippen LogP) is 3.96. The maximum Gasteiger partial charge on any atom is 0.327 e. The smallest absolute Gasteiger partial charge is 0.327 e. The van der Waals surface area contributed by atoms with Crippen LogP contribution in [0.2, 0.25) is 0 Å². The van der Waals surface area contributed by atoms with Crippen LogP contribution in [0, 0.1) is 11.8 Å². The number of rotatable bonds is 6. The van der Waals surface area contributed by atoms with Crippen molar-refractivity contribution in [2.75, 3.05) is 5.32 Å². The van der Waals surface area contributed by atoms with Gasteiger partial charge < -0.3 is 5.32 Å². The van der Waals surface area contributed by atoms with E-state index in [0.717, 1.165) is 23.9 Å². The average molecular weight is 341 g/mol. The molecule has 25 heavy (non-hydrogen) atoms. The highest BCUT2D eigenvalue weighted by molar-refractivity contribution is 5.55. The molecule has 5 nitrogen and oxygen atoms in total. The third-order valence-electron chi connectivity index (χ3n) is 5.18. The maximum atomic E-state index is 11.3. The van der Waals surface area contributed by atoms with Gasteiger partial charge in [0, 0.05) is 11.8 Å². The predicted molar refractivity (Wildman–Crippen MR) is 101 cm³/mol. The first-order chi connectivity index (χ1) is 12.1. The van der Waals surface area contributed by atoms with Crippen molar-refractivity contribution in [2.24, 2.45) is 11.8 Å². The van der Waals surface area contributed by atoms with Crippen molar-refractivity contribution in [1.82, 2.24) is 9.97 Å². The first-order valence-electron chi connectivity index (χ1n) is 9.32. The Balaban J connectivity index is 1.55. The van der Waals surface area contributed by atoms with E-state index in [9.17, 15) is 9.59 Å². The second-order valence-electron chi connectivity index (χ2n) is 7.20. The summed E-state index contributed by atoms with van der Waals surface area (Å²) < 4.78 is 0. The summed E-state index contributed by atoms with van der Waals surface area (Å²) in [7, 11) is 0. The van der Waals surface area contributed by atoms with Crippen LogP contribution in [0.4, 0.5) is 11.5 Å². The average Bonchev–Trinajstić information content (AvgIpc) is 2.58. The maximum absolute atomic E-state index is 11.3. The zero-order chi connectivity index (χ0) is 17.6. The topological polar surface area (TPSA) is 77.8 Å². The van der Waals surface area contributed by atoms with Crippen LogP contribution < -0.4 is 16.6 Å². The molecule has 1 heterocycles. The van der Waals surface area contributed by atoms with E-state index in [1.165, 1.54) is 50.2 Å². The largest absolute Gasteiger partial charge is 0.342 e. The van der Waals surface area contributed by atoms with Gasteiger partial charge in [0.2, 0.25) is 0 Å². The van der Waals surface area contributed by atoms with Gasteiger partial charge in [0.25, 0.3) is 5.56 Å². The third kappa shape index (κ3) is 5.08. The molecule has 3 N–H and O–H groups in total. The number of anilines is 2. The van der Waals surface area contributed by atoms with Gasteiger partial charge in [-0.3, -0.25) is 14.8 Å². The molecule has 0 atom stereocenters. The van der Waals surface area contributed by atoms with Crippen molar-refractivity contribution in [3.63, 3.8) is 0 Å². The molecule has 0 spiro atoms. The second kappa shape index (κ2) is 8.19. The van der Waals surface area contributed by atoms with Crippen molar-refractivity contribution in [1.29, 1.82) is 0 Å². The van der Waals surface area contributed by atoms with Crippen LogP contribution >= 0.6 is 0 Å². The molecule has 0 aliphatic heterocycles. The first-order valence-corrected chi connectivity index (χ1v) is 9.32. The minimum absolute atomic E-state index is 0.399. The lowest BCUT2D eigenvalue weighted by Gasteiger charge is -2.28. The number of H-pyrrole nitrogens is 2. The van der Waals surface area contributed by atoms with Gasteiger partial charge in [-0.25, -0.2) is 4.79 Å². The van der Waals surface area contributed by atoms with E-state index >= 15 is 0 Å². The van der Waals surface area contributed by atoms with Crippen LogP contribution in [0.1, 0.15) is 51.0 Å². The molecule has 0 bridgehead atoms. The summed E-state index contributed by atoms with van der Waals surface area (Å²) in [5, 5.41) is 3.06. The molecule has 1 aromatic heterocycles. The molecule has 1 saturated carbocycles. The van der Waals surface area contributed by atoms with Gasteiger partial charge in [0.1, 0.15) is 5.82 Å². The quantitative estimate of drug-likeness (QED) is 0.744. The van der Waals surface area contributed by atoms with Crippen molar-refractivity contribution >= 4 is 11.5 Å². The molecule has 0 unspecified atom stereocenters. The van der Waals surface area contributed by atoms with Crippen LogP contribution in [0.25, 0.3) is 0 Å². The normalized spacial score (nSPS) is 20.4. The Morgan fingerprint density at radius 1 is 1.00 bits per heavy atom. The fourth-order valence-corrected chi connectivity index (χ4v) is 3.88. The summed E-state index contributed by atoms with van der Waals surface area (Å²) in [6.07, 6.45) is 9.29. The van der Waals surface area contributed by atoms with Crippen molar-refractivity contribution in [3.8, 4) is 0 Å². The Morgan fingerprint density at radius 3 is 2.32 bits per heavy atom. The highest BCUT2D eigenvalue weighted by atomic mass is 16.2. The van der Waals surface area contributed by atoms with Gasteiger partial charge in [-0.15, -0.1) is 0 Å². The van der Waals surface area contributed by atoms with Crippen LogP contribution in [0.3, 0.4) is 0 Å². The van der Waals surface area contributed by atoms with E-state index < -0.39 is 11.2 Å². The summed E-state index contributed by atoms with van der Waals surface area (Å²) in [4.78, 5) is 27.3. The Morgan fingerprint density at radius 2 is 1.68 bits per heavy atom. The molecule has 0 radical (unpaired) electrons. The molecule has 5 heteroatoms. The van der Waals surface area contributed by atoms with Crippen LogP contribution in [-0.4, -0.2) is 9.97 Å². The van der Waals surface area contributed by atoms with Gasteiger partial charge in [0.05, 0.1) is 0 Å². The molecule has 0 saturated heterocycles. The van der Waals surface area contributed by atoms with Crippen molar-refractivity contribution in [2.45, 2.75) is 51.9 Å². The lowest BCUT2D eigenvalue weighted by Crippen LogP contribution is -2.22. The Hall–Kier alpha value is -2.30. The molecular formula is C20H27N3O2. The van der Waals surface area contributed by atoms with E-state index in [-0.39, 0.29) is 0 Å². The van der Waals surface area contributed by atoms with Crippen LogP contribution in [0.5, 0.6) is 0 Å². The number of aromatic amines is 2. The summed E-state index contributed by atoms with van der Waals surface area (Å²) >= 11 is 0. The number of hydrogen-bond acceptors (Lipinski definition) is 3. The zero-order valence-electron chi connectivity index (χ0n) is 14.8. The monoisotopic (exact) mass is 341 g/mol. The Kier molecular flexibility index (Phi) is 5.74. The van der Waals surface area contributed by atoms with Gasteiger partial charge in [-0.05, 0) is 48.8 Å². The van der Waals surface area contributed by atoms with Gasteiger partial charge >= 0.3 is 5.69 Å². The van der Waals surface area contributed by atoms with Crippen molar-refractivity contribution < 1.29 is 0 Å². The van der Waals surface area contributed by atoms with Crippen LogP contribution in [-0.2, 0) is 6.42 Å². The Labute approximate surface area is 147 Å². The van der Waals surface area contributed by atoms with E-state index in [2.05, 4.69) is 34.3 Å². The highest BCUT2D eigenvalue weighted by Crippen LogP contribution is 2.33. The lowest BCUT2D eigenvalue weighted by atomic mass is 9.78. The van der Waals surface area contributed by atoms with Crippen LogP contribution in [0.15, 0.2) is 39.9 Å². The van der Waals surface area contributed by atoms with E-state index in [1.54, 1.807) is 0 Å². The summed E-state index contributed by atoms with van der Waals surface area (Å²) in [6.45, 7) is 2.28. The number of hydrogen-bond donors (Lipinski definition) is 3. The molecule has 1 aromatic carbocycles. The summed E-state index contributed by atoms with van der Waals surface area (Å²) in [6, 6.07) is 9.59. The van der Waals surface area contributed by atoms with E-state index in [1.807, 2.05) is 12.1 Å². The summed E-state index contributed by atoms with van der Waals surface area (Å²) in [5.74, 6) is 2.15. The van der Waals surface area contributed by atoms with Gasteiger partial charge in [-0.2, -0.15) is 0 Å². The lowest BCUT2D eigenvalue weighted by molar-refractivity contribution is 0.261. The van der Waals surface area contributed by atoms with Crippen molar-refractivity contribution in [3.05, 3.63) is 56.7 Å². The van der Waals surface area contributed by atoms with Gasteiger partial charge in [-0.1, -0.05) is 44.7 Å². The SMILES string of the molecule is CCCC1CCC(Cc2ccc(Nc3cc(=O)[nH]c(=O)[nH]3)cc2)CC1. The first kappa shape index (κ1) is 17.5. The van der Waals surface area contributed by atoms with E-state index in [4.69, 9.17) is 0 Å². The highest BCUT2D eigenvalue weighted by Gasteiger charge is 2.20. The molecular weight excluding hydrogens is 314 g/mol. The molecule has 2 aromatic rings. The second-order valence-corrected chi connectivity index (χ2v) is 7.20. The third-order valence-corrected chi connectivity index (χ3v) is 5.18. The molecule has 1 aliphatic carbocycles. The molecule has 3 rings (SSSR count). The molecule has 1 aliphatic rings. The zero-order valence-corrected chi connectivity index (χ0v) is 14.8. The minimum atomic E-state index is -0.509.